The largest absolute Gasteiger partial charge is 0.497 e. The van der Waals surface area contributed by atoms with Gasteiger partial charge in [0.1, 0.15) is 28.7 Å². The number of anilines is 2. The molecule has 0 aromatic heterocycles. The molecule has 0 aliphatic carbocycles. The van der Waals surface area contributed by atoms with E-state index in [1.807, 2.05) is 13.0 Å². The summed E-state index contributed by atoms with van der Waals surface area (Å²) in [6, 6.07) is 26.1. The Balaban J connectivity index is 1.54. The minimum absolute atomic E-state index is 0.000345. The van der Waals surface area contributed by atoms with Crippen molar-refractivity contribution in [3.8, 4) is 23.0 Å². The van der Waals surface area contributed by atoms with E-state index in [0.29, 0.717) is 51.9 Å². The number of nitrogens with one attached hydrogen (secondary N) is 3. The number of rotatable bonds is 14. The molecule has 11 heteroatoms. The first-order valence-electron chi connectivity index (χ1n) is 14.7. The molecule has 0 saturated carbocycles. The second kappa shape index (κ2) is 16.8. The summed E-state index contributed by atoms with van der Waals surface area (Å²) in [5, 5.41) is 8.12. The van der Waals surface area contributed by atoms with Crippen molar-refractivity contribution in [1.29, 1.82) is 0 Å². The molecular formula is C36H37N3O7S. The van der Waals surface area contributed by atoms with Crippen LogP contribution in [0.4, 0.5) is 11.4 Å². The molecule has 1 unspecified atom stereocenters. The minimum atomic E-state index is -0.550. The number of hydrogen-bond donors (Lipinski definition) is 3. The van der Waals surface area contributed by atoms with Gasteiger partial charge in [-0.3, -0.25) is 14.4 Å². The SMILES string of the molecule is CCC(Sc1cccc(NC(=O)/C(=C\c2ccc(OC)cc2OC)NC(=O)c2ccccc2)c1)C(=O)Nc1ccc(OC)cc1OC. The predicted molar refractivity (Wildman–Crippen MR) is 185 cm³/mol. The first-order valence-corrected chi connectivity index (χ1v) is 15.6. The van der Waals surface area contributed by atoms with Crippen molar-refractivity contribution in [2.75, 3.05) is 39.1 Å². The van der Waals surface area contributed by atoms with Crippen molar-refractivity contribution >= 4 is 46.9 Å². The lowest BCUT2D eigenvalue weighted by atomic mass is 10.1. The van der Waals surface area contributed by atoms with E-state index in [1.165, 1.54) is 32.1 Å². The van der Waals surface area contributed by atoms with Gasteiger partial charge in [-0.25, -0.2) is 0 Å². The molecule has 0 aliphatic rings. The maximum Gasteiger partial charge on any atom is 0.272 e. The number of amides is 3. The summed E-state index contributed by atoms with van der Waals surface area (Å²) < 4.78 is 21.5. The van der Waals surface area contributed by atoms with Crippen LogP contribution in [0.15, 0.2) is 102 Å². The first-order chi connectivity index (χ1) is 22.8. The highest BCUT2D eigenvalue weighted by atomic mass is 32.2. The number of carbonyl (C=O) groups excluding carboxylic acids is 3. The number of ether oxygens (including phenoxy) is 4. The van der Waals surface area contributed by atoms with Gasteiger partial charge in [0.05, 0.1) is 39.4 Å². The summed E-state index contributed by atoms with van der Waals surface area (Å²) in [6.07, 6.45) is 2.09. The van der Waals surface area contributed by atoms with E-state index in [9.17, 15) is 14.4 Å². The molecule has 0 fully saturated rings. The molecule has 0 bridgehead atoms. The van der Waals surface area contributed by atoms with E-state index in [2.05, 4.69) is 16.0 Å². The summed E-state index contributed by atoms with van der Waals surface area (Å²) >= 11 is 1.36. The fraction of sp³-hybridized carbons (Fsp3) is 0.194. The highest BCUT2D eigenvalue weighted by molar-refractivity contribution is 8.00. The number of hydrogen-bond acceptors (Lipinski definition) is 8. The summed E-state index contributed by atoms with van der Waals surface area (Å²) in [5.41, 5.74) is 1.96. The molecule has 3 N–H and O–H groups in total. The Hall–Kier alpha value is -5.42. The first kappa shape index (κ1) is 34.5. The smallest absolute Gasteiger partial charge is 0.272 e. The zero-order chi connectivity index (χ0) is 33.8. The predicted octanol–water partition coefficient (Wildman–Crippen LogP) is 6.64. The Morgan fingerprint density at radius 3 is 2.09 bits per heavy atom. The van der Waals surface area contributed by atoms with Gasteiger partial charge in [0.2, 0.25) is 5.91 Å². The van der Waals surface area contributed by atoms with Crippen LogP contribution in [0.25, 0.3) is 6.08 Å². The van der Waals surface area contributed by atoms with Crippen LogP contribution < -0.4 is 34.9 Å². The Morgan fingerprint density at radius 1 is 0.745 bits per heavy atom. The van der Waals surface area contributed by atoms with Crippen molar-refractivity contribution in [2.45, 2.75) is 23.5 Å². The van der Waals surface area contributed by atoms with Crippen LogP contribution in [0, 0.1) is 0 Å². The highest BCUT2D eigenvalue weighted by Crippen LogP contribution is 2.32. The average molecular weight is 656 g/mol. The standard InChI is InChI=1S/C36H37N3O7S/c1-6-33(36(42)38-29-18-17-27(44-3)22-32(29)46-5)47-28-14-10-13-25(20-28)37-35(41)30(39-34(40)23-11-8-7-9-12-23)19-24-15-16-26(43-2)21-31(24)45-4/h7-22,33H,6H2,1-5H3,(H,37,41)(H,38,42)(H,39,40)/b30-19+. The van der Waals surface area contributed by atoms with Crippen molar-refractivity contribution in [3.63, 3.8) is 0 Å². The molecule has 4 rings (SSSR count). The minimum Gasteiger partial charge on any atom is -0.497 e. The average Bonchev–Trinajstić information content (AvgIpc) is 3.10. The number of thioether (sulfide) groups is 1. The molecule has 0 aliphatic heterocycles. The monoisotopic (exact) mass is 655 g/mol. The topological polar surface area (TPSA) is 124 Å². The molecule has 1 atom stereocenters. The van der Waals surface area contributed by atoms with Gasteiger partial charge in [0.15, 0.2) is 0 Å². The second-order valence-corrected chi connectivity index (χ2v) is 11.3. The molecule has 0 saturated heterocycles. The van der Waals surface area contributed by atoms with Crippen molar-refractivity contribution in [2.24, 2.45) is 0 Å². The van der Waals surface area contributed by atoms with Crippen LogP contribution >= 0.6 is 11.8 Å². The third-order valence-electron chi connectivity index (χ3n) is 6.97. The van der Waals surface area contributed by atoms with Gasteiger partial charge >= 0.3 is 0 Å². The third kappa shape index (κ3) is 9.30. The second-order valence-electron chi connectivity index (χ2n) is 10.0. The fourth-order valence-electron chi connectivity index (χ4n) is 4.48. The molecule has 0 spiro atoms. The van der Waals surface area contributed by atoms with Gasteiger partial charge < -0.3 is 34.9 Å². The normalized spacial score (nSPS) is 11.6. The molecule has 47 heavy (non-hydrogen) atoms. The fourth-order valence-corrected chi connectivity index (χ4v) is 5.50. The third-order valence-corrected chi connectivity index (χ3v) is 8.33. The molecule has 3 amide bonds. The van der Waals surface area contributed by atoms with Crippen LogP contribution in [0.1, 0.15) is 29.3 Å². The van der Waals surface area contributed by atoms with Gasteiger partial charge in [-0.15, -0.1) is 11.8 Å². The molecule has 0 heterocycles. The van der Waals surface area contributed by atoms with E-state index in [1.54, 1.807) is 99.1 Å². The Morgan fingerprint density at radius 2 is 1.43 bits per heavy atom. The van der Waals surface area contributed by atoms with Gasteiger partial charge in [0, 0.05) is 33.8 Å². The molecule has 10 nitrogen and oxygen atoms in total. The Kier molecular flexibility index (Phi) is 12.3. The molecule has 4 aromatic rings. The maximum atomic E-state index is 13.7. The van der Waals surface area contributed by atoms with Crippen molar-refractivity contribution in [1.82, 2.24) is 5.32 Å². The summed E-state index contributed by atoms with van der Waals surface area (Å²) in [6.45, 7) is 1.92. The van der Waals surface area contributed by atoms with Crippen molar-refractivity contribution < 1.29 is 33.3 Å². The zero-order valence-corrected chi connectivity index (χ0v) is 27.6. The van der Waals surface area contributed by atoms with Gasteiger partial charge in [-0.2, -0.15) is 0 Å². The lowest BCUT2D eigenvalue weighted by molar-refractivity contribution is -0.116. The molecule has 4 aromatic carbocycles. The van der Waals surface area contributed by atoms with E-state index < -0.39 is 17.1 Å². The quantitative estimate of drug-likeness (QED) is 0.102. The lowest BCUT2D eigenvalue weighted by Gasteiger charge is -2.17. The maximum absolute atomic E-state index is 13.7. The van der Waals surface area contributed by atoms with E-state index >= 15 is 0 Å². The van der Waals surface area contributed by atoms with Crippen LogP contribution in [0.2, 0.25) is 0 Å². The van der Waals surface area contributed by atoms with Gasteiger partial charge in [-0.05, 0) is 67.1 Å². The number of benzene rings is 4. The number of carbonyl (C=O) groups is 3. The lowest BCUT2D eigenvalue weighted by Crippen LogP contribution is -2.30. The van der Waals surface area contributed by atoms with Crippen LogP contribution in [-0.2, 0) is 9.59 Å². The Labute approximate surface area is 278 Å². The Bertz CT molecular complexity index is 1740. The molecular weight excluding hydrogens is 618 g/mol. The summed E-state index contributed by atoms with van der Waals surface area (Å²) in [7, 11) is 6.14. The zero-order valence-electron chi connectivity index (χ0n) is 26.8. The van der Waals surface area contributed by atoms with E-state index in [4.69, 9.17) is 18.9 Å². The van der Waals surface area contributed by atoms with Gasteiger partial charge in [-0.1, -0.05) is 31.2 Å². The van der Waals surface area contributed by atoms with Crippen molar-refractivity contribution in [3.05, 3.63) is 108 Å². The highest BCUT2D eigenvalue weighted by Gasteiger charge is 2.21. The van der Waals surface area contributed by atoms with Crippen LogP contribution in [-0.4, -0.2) is 51.4 Å². The summed E-state index contributed by atoms with van der Waals surface area (Å²) in [5.74, 6) is 0.934. The van der Waals surface area contributed by atoms with E-state index in [0.717, 1.165) is 4.90 Å². The summed E-state index contributed by atoms with van der Waals surface area (Å²) in [4.78, 5) is 40.8. The van der Waals surface area contributed by atoms with Crippen LogP contribution in [0.3, 0.4) is 0 Å². The van der Waals surface area contributed by atoms with E-state index in [-0.39, 0.29) is 11.6 Å². The van der Waals surface area contributed by atoms with Gasteiger partial charge in [0.25, 0.3) is 11.8 Å². The van der Waals surface area contributed by atoms with Crippen LogP contribution in [0.5, 0.6) is 23.0 Å². The number of methoxy groups -OCH3 is 4. The molecule has 244 valence electrons. The molecule has 0 radical (unpaired) electrons.